The van der Waals surface area contributed by atoms with E-state index in [0.717, 1.165) is 5.56 Å². The molecule has 0 aliphatic carbocycles. The van der Waals surface area contributed by atoms with Crippen molar-refractivity contribution in [2.45, 2.75) is 13.0 Å². The van der Waals surface area contributed by atoms with Gasteiger partial charge in [0.15, 0.2) is 0 Å². The molecule has 0 amide bonds. The summed E-state index contributed by atoms with van der Waals surface area (Å²) in [4.78, 5) is 2.80. The van der Waals surface area contributed by atoms with Crippen LogP contribution in [-0.4, -0.2) is 0 Å². The first kappa shape index (κ1) is 9.36. The van der Waals surface area contributed by atoms with Crippen LogP contribution in [0.1, 0.15) is 18.5 Å². The minimum absolute atomic E-state index is 0.184. The van der Waals surface area contributed by atoms with Gasteiger partial charge < -0.3 is 0 Å². The van der Waals surface area contributed by atoms with Gasteiger partial charge in [0.1, 0.15) is 0 Å². The lowest BCUT2D eigenvalue weighted by atomic mass is 10.1. The number of hydrogen-bond donors (Lipinski definition) is 0. The third kappa shape index (κ3) is 2.65. The molecule has 3 heteroatoms. The van der Waals surface area contributed by atoms with Crippen LogP contribution < -0.4 is 0 Å². The van der Waals surface area contributed by atoms with E-state index in [1.807, 2.05) is 49.4 Å². The van der Waals surface area contributed by atoms with E-state index in [0.29, 0.717) is 0 Å². The van der Waals surface area contributed by atoms with Gasteiger partial charge in [-0.15, -0.1) is 0 Å². The second-order valence-electron chi connectivity index (χ2n) is 2.59. The SMILES string of the molecule is C/C=C/C(N=[N+]=[N-])c1ccccc1. The third-order valence-electron chi connectivity index (χ3n) is 1.69. The van der Waals surface area contributed by atoms with E-state index < -0.39 is 0 Å². The van der Waals surface area contributed by atoms with E-state index in [4.69, 9.17) is 5.53 Å². The smallest absolute Gasteiger partial charge is 0.0806 e. The van der Waals surface area contributed by atoms with Crippen molar-refractivity contribution in [1.29, 1.82) is 0 Å². The van der Waals surface area contributed by atoms with Gasteiger partial charge in [0.05, 0.1) is 6.04 Å². The van der Waals surface area contributed by atoms with Gasteiger partial charge >= 0.3 is 0 Å². The minimum Gasteiger partial charge on any atom is -0.0909 e. The lowest BCUT2D eigenvalue weighted by Crippen LogP contribution is -1.88. The van der Waals surface area contributed by atoms with Crippen LogP contribution in [0.4, 0.5) is 0 Å². The van der Waals surface area contributed by atoms with Crippen LogP contribution in [0.15, 0.2) is 47.6 Å². The zero-order valence-corrected chi connectivity index (χ0v) is 7.46. The Labute approximate surface area is 77.3 Å². The summed E-state index contributed by atoms with van der Waals surface area (Å²) < 4.78 is 0. The standard InChI is InChI=1S/C10H11N3/c1-2-6-10(12-13-11)9-7-4-3-5-8-9/h2-8,10H,1H3/b6-2+. The normalized spacial score (nSPS) is 12.4. The summed E-state index contributed by atoms with van der Waals surface area (Å²) in [6, 6.07) is 9.50. The number of rotatable bonds is 3. The van der Waals surface area contributed by atoms with Crippen LogP contribution in [0.3, 0.4) is 0 Å². The maximum Gasteiger partial charge on any atom is 0.0806 e. The van der Waals surface area contributed by atoms with Crippen molar-refractivity contribution in [3.8, 4) is 0 Å². The second kappa shape index (κ2) is 5.01. The average molecular weight is 173 g/mol. The van der Waals surface area contributed by atoms with Crippen LogP contribution in [0, 0.1) is 0 Å². The molecule has 0 aliphatic heterocycles. The third-order valence-corrected chi connectivity index (χ3v) is 1.69. The van der Waals surface area contributed by atoms with Crippen LogP contribution in [0.25, 0.3) is 10.4 Å². The van der Waals surface area contributed by atoms with Gasteiger partial charge in [-0.25, -0.2) is 0 Å². The van der Waals surface area contributed by atoms with Gasteiger partial charge in [0.25, 0.3) is 0 Å². The van der Waals surface area contributed by atoms with Crippen molar-refractivity contribution in [3.63, 3.8) is 0 Å². The largest absolute Gasteiger partial charge is 0.0909 e. The lowest BCUT2D eigenvalue weighted by Gasteiger charge is -2.04. The number of benzene rings is 1. The highest BCUT2D eigenvalue weighted by Gasteiger charge is 2.02. The molecule has 1 aromatic carbocycles. The zero-order valence-electron chi connectivity index (χ0n) is 7.46. The summed E-state index contributed by atoms with van der Waals surface area (Å²) in [6.07, 6.45) is 3.75. The summed E-state index contributed by atoms with van der Waals surface area (Å²) in [7, 11) is 0. The topological polar surface area (TPSA) is 48.8 Å². The number of nitrogens with zero attached hydrogens (tertiary/aromatic N) is 3. The van der Waals surface area contributed by atoms with Crippen molar-refractivity contribution in [2.75, 3.05) is 0 Å². The predicted octanol–water partition coefficient (Wildman–Crippen LogP) is 3.61. The van der Waals surface area contributed by atoms with Gasteiger partial charge in [-0.05, 0) is 18.0 Å². The molecule has 0 aliphatic rings. The molecule has 0 radical (unpaired) electrons. The molecule has 0 bridgehead atoms. The van der Waals surface area contributed by atoms with E-state index >= 15 is 0 Å². The minimum atomic E-state index is -0.184. The Balaban J connectivity index is 2.95. The first-order chi connectivity index (χ1) is 6.38. The van der Waals surface area contributed by atoms with Crippen LogP contribution in [0.2, 0.25) is 0 Å². The summed E-state index contributed by atoms with van der Waals surface area (Å²) in [5.74, 6) is 0. The zero-order chi connectivity index (χ0) is 9.52. The van der Waals surface area contributed by atoms with E-state index in [9.17, 15) is 0 Å². The molecule has 66 valence electrons. The fraction of sp³-hybridized carbons (Fsp3) is 0.200. The van der Waals surface area contributed by atoms with Crippen molar-refractivity contribution in [3.05, 3.63) is 58.5 Å². The number of azide groups is 1. The Kier molecular flexibility index (Phi) is 3.61. The monoisotopic (exact) mass is 173 g/mol. The maximum absolute atomic E-state index is 8.35. The van der Waals surface area contributed by atoms with Gasteiger partial charge in [-0.1, -0.05) is 47.6 Å². The van der Waals surface area contributed by atoms with Crippen molar-refractivity contribution < 1.29 is 0 Å². The number of hydrogen-bond acceptors (Lipinski definition) is 1. The Bertz CT molecular complexity index is 323. The maximum atomic E-state index is 8.35. The summed E-state index contributed by atoms with van der Waals surface area (Å²) >= 11 is 0. The summed E-state index contributed by atoms with van der Waals surface area (Å²) in [5, 5.41) is 3.68. The van der Waals surface area contributed by atoms with Crippen LogP contribution in [0.5, 0.6) is 0 Å². The van der Waals surface area contributed by atoms with E-state index in [1.54, 1.807) is 0 Å². The molecule has 0 N–H and O–H groups in total. The Morgan fingerprint density at radius 3 is 2.62 bits per heavy atom. The summed E-state index contributed by atoms with van der Waals surface area (Å²) in [5.41, 5.74) is 9.36. The highest BCUT2D eigenvalue weighted by Crippen LogP contribution is 2.18. The molecular formula is C10H11N3. The molecule has 1 rings (SSSR count). The van der Waals surface area contributed by atoms with Gasteiger partial charge in [-0.2, -0.15) is 0 Å². The van der Waals surface area contributed by atoms with Crippen molar-refractivity contribution in [1.82, 2.24) is 0 Å². The fourth-order valence-corrected chi connectivity index (χ4v) is 1.10. The molecule has 0 saturated heterocycles. The molecule has 0 heterocycles. The molecular weight excluding hydrogens is 162 g/mol. The average Bonchev–Trinajstić information content (AvgIpc) is 2.19. The van der Waals surface area contributed by atoms with Crippen LogP contribution in [-0.2, 0) is 0 Å². The first-order valence-electron chi connectivity index (χ1n) is 4.10. The van der Waals surface area contributed by atoms with Gasteiger partial charge in [0.2, 0.25) is 0 Å². The Hall–Kier alpha value is -1.73. The highest BCUT2D eigenvalue weighted by molar-refractivity contribution is 5.22. The Morgan fingerprint density at radius 1 is 1.38 bits per heavy atom. The fourth-order valence-electron chi connectivity index (χ4n) is 1.10. The molecule has 1 aromatic rings. The van der Waals surface area contributed by atoms with Gasteiger partial charge in [0, 0.05) is 4.91 Å². The van der Waals surface area contributed by atoms with Crippen molar-refractivity contribution >= 4 is 0 Å². The molecule has 3 nitrogen and oxygen atoms in total. The highest BCUT2D eigenvalue weighted by atomic mass is 15.1. The predicted molar refractivity (Wildman–Crippen MR) is 53.1 cm³/mol. The van der Waals surface area contributed by atoms with E-state index in [1.165, 1.54) is 0 Å². The first-order valence-corrected chi connectivity index (χ1v) is 4.10. The molecule has 0 spiro atoms. The van der Waals surface area contributed by atoms with Gasteiger partial charge in [-0.3, -0.25) is 0 Å². The molecule has 0 fully saturated rings. The van der Waals surface area contributed by atoms with Crippen molar-refractivity contribution in [2.24, 2.45) is 5.11 Å². The van der Waals surface area contributed by atoms with Crippen LogP contribution >= 0.6 is 0 Å². The molecule has 0 aromatic heterocycles. The molecule has 1 unspecified atom stereocenters. The Morgan fingerprint density at radius 2 is 2.08 bits per heavy atom. The quantitative estimate of drug-likeness (QED) is 0.290. The summed E-state index contributed by atoms with van der Waals surface area (Å²) in [6.45, 7) is 1.91. The van der Waals surface area contributed by atoms with E-state index in [2.05, 4.69) is 10.0 Å². The molecule has 13 heavy (non-hydrogen) atoms. The lowest BCUT2D eigenvalue weighted by molar-refractivity contribution is 0.895. The second-order valence-corrected chi connectivity index (χ2v) is 2.59. The molecule has 1 atom stereocenters. The molecule has 0 saturated carbocycles. The van der Waals surface area contributed by atoms with E-state index in [-0.39, 0.29) is 6.04 Å². The number of allylic oxidation sites excluding steroid dienone is 1.